The minimum absolute atomic E-state index is 0.630. The first-order chi connectivity index (χ1) is 9.66. The van der Waals surface area contributed by atoms with Crippen LogP contribution in [0, 0.1) is 0 Å². The molecule has 2 N–H and O–H groups in total. The van der Waals surface area contributed by atoms with Crippen molar-refractivity contribution in [3.8, 4) is 0 Å². The quantitative estimate of drug-likeness (QED) is 0.835. The fourth-order valence-electron chi connectivity index (χ4n) is 3.83. The average molecular weight is 273 g/mol. The molecule has 0 radical (unpaired) electrons. The second-order valence-electron chi connectivity index (χ2n) is 6.47. The van der Waals surface area contributed by atoms with Gasteiger partial charge < -0.3 is 15.5 Å². The Labute approximate surface area is 122 Å². The number of nitrogen functional groups attached to an aromatic ring is 1. The third-order valence-electron chi connectivity index (χ3n) is 4.96. The van der Waals surface area contributed by atoms with Gasteiger partial charge in [-0.1, -0.05) is 0 Å². The Balaban J connectivity index is 1.83. The van der Waals surface area contributed by atoms with Crippen molar-refractivity contribution in [1.82, 2.24) is 0 Å². The summed E-state index contributed by atoms with van der Waals surface area (Å²) in [6, 6.07) is 7.93. The van der Waals surface area contributed by atoms with E-state index in [1.54, 1.807) is 0 Å². The highest BCUT2D eigenvalue weighted by Gasteiger charge is 2.27. The lowest BCUT2D eigenvalue weighted by Gasteiger charge is -2.32. The predicted molar refractivity (Wildman–Crippen MR) is 87.6 cm³/mol. The van der Waals surface area contributed by atoms with Crippen molar-refractivity contribution in [2.75, 3.05) is 28.6 Å². The van der Waals surface area contributed by atoms with Crippen LogP contribution in [0.1, 0.15) is 46.0 Å². The molecule has 0 unspecified atom stereocenters. The molecule has 1 aromatic carbocycles. The van der Waals surface area contributed by atoms with Crippen molar-refractivity contribution < 1.29 is 0 Å². The van der Waals surface area contributed by atoms with Crippen LogP contribution in [0.25, 0.3) is 0 Å². The van der Waals surface area contributed by atoms with Crippen molar-refractivity contribution in [3.05, 3.63) is 18.2 Å². The van der Waals surface area contributed by atoms with Crippen LogP contribution in [0.3, 0.4) is 0 Å². The summed E-state index contributed by atoms with van der Waals surface area (Å²) < 4.78 is 0. The maximum atomic E-state index is 6.34. The highest BCUT2D eigenvalue weighted by Crippen LogP contribution is 2.35. The molecule has 3 heteroatoms. The van der Waals surface area contributed by atoms with E-state index in [2.05, 4.69) is 41.8 Å². The van der Waals surface area contributed by atoms with Gasteiger partial charge in [-0.25, -0.2) is 0 Å². The van der Waals surface area contributed by atoms with Gasteiger partial charge in [0.2, 0.25) is 0 Å². The minimum Gasteiger partial charge on any atom is -0.397 e. The van der Waals surface area contributed by atoms with Gasteiger partial charge in [0.15, 0.2) is 0 Å². The van der Waals surface area contributed by atoms with Gasteiger partial charge in [0, 0.05) is 30.9 Å². The van der Waals surface area contributed by atoms with Gasteiger partial charge in [-0.2, -0.15) is 0 Å². The van der Waals surface area contributed by atoms with Gasteiger partial charge in [0.05, 0.1) is 11.4 Å². The number of rotatable bonds is 2. The zero-order valence-electron chi connectivity index (χ0n) is 12.8. The Kier molecular flexibility index (Phi) is 3.77. The lowest BCUT2D eigenvalue weighted by molar-refractivity contribution is 0.578. The van der Waals surface area contributed by atoms with Crippen LogP contribution in [0.5, 0.6) is 0 Å². The second kappa shape index (κ2) is 5.55. The Morgan fingerprint density at radius 3 is 2.25 bits per heavy atom. The Morgan fingerprint density at radius 2 is 1.65 bits per heavy atom. The Hall–Kier alpha value is -1.38. The van der Waals surface area contributed by atoms with Crippen LogP contribution >= 0.6 is 0 Å². The molecular weight excluding hydrogens is 246 g/mol. The SMILES string of the molecule is C[C@@H]1CC[C@H](C)N1c1ccc(N2CCCCC2)c(N)c1. The standard InChI is InChI=1S/C17H27N3/c1-13-6-7-14(2)20(13)15-8-9-17(16(18)12-15)19-10-4-3-5-11-19/h8-9,12-14H,3-7,10-11,18H2,1-2H3/t13-,14+. The molecule has 2 saturated heterocycles. The Bertz CT molecular complexity index is 455. The molecular formula is C17H27N3. The molecule has 2 fully saturated rings. The molecule has 0 aromatic heterocycles. The van der Waals surface area contributed by atoms with E-state index in [0.29, 0.717) is 12.1 Å². The molecule has 2 aliphatic heterocycles. The molecule has 3 rings (SSSR count). The molecule has 0 amide bonds. The van der Waals surface area contributed by atoms with Crippen molar-refractivity contribution in [3.63, 3.8) is 0 Å². The van der Waals surface area contributed by atoms with Crippen LogP contribution < -0.4 is 15.5 Å². The number of benzene rings is 1. The molecule has 20 heavy (non-hydrogen) atoms. The van der Waals surface area contributed by atoms with Gasteiger partial charge in [0.1, 0.15) is 0 Å². The monoisotopic (exact) mass is 273 g/mol. The van der Waals surface area contributed by atoms with Crippen LogP contribution in [0.15, 0.2) is 18.2 Å². The first-order valence-corrected chi connectivity index (χ1v) is 8.09. The van der Waals surface area contributed by atoms with E-state index < -0.39 is 0 Å². The molecule has 1 aromatic rings. The van der Waals surface area contributed by atoms with Crippen molar-refractivity contribution in [2.45, 2.75) is 58.0 Å². The van der Waals surface area contributed by atoms with Crippen LogP contribution in [0.4, 0.5) is 17.1 Å². The largest absolute Gasteiger partial charge is 0.397 e. The second-order valence-corrected chi connectivity index (χ2v) is 6.47. The highest BCUT2D eigenvalue weighted by atomic mass is 15.2. The normalized spacial score (nSPS) is 27.1. The number of nitrogens with zero attached hydrogens (tertiary/aromatic N) is 2. The van der Waals surface area contributed by atoms with Crippen molar-refractivity contribution in [1.29, 1.82) is 0 Å². The molecule has 2 aliphatic rings. The van der Waals surface area contributed by atoms with Crippen LogP contribution in [-0.4, -0.2) is 25.2 Å². The van der Waals surface area contributed by atoms with E-state index in [4.69, 9.17) is 5.73 Å². The van der Waals surface area contributed by atoms with Crippen LogP contribution in [-0.2, 0) is 0 Å². The van der Waals surface area contributed by atoms with E-state index in [1.165, 1.54) is 43.5 Å². The maximum absolute atomic E-state index is 6.34. The Morgan fingerprint density at radius 1 is 1.00 bits per heavy atom. The summed E-state index contributed by atoms with van der Waals surface area (Å²) in [5.74, 6) is 0. The van der Waals surface area contributed by atoms with E-state index in [1.807, 2.05) is 0 Å². The molecule has 0 spiro atoms. The van der Waals surface area contributed by atoms with Gasteiger partial charge in [-0.05, 0) is 64.2 Å². The van der Waals surface area contributed by atoms with Gasteiger partial charge in [-0.3, -0.25) is 0 Å². The zero-order chi connectivity index (χ0) is 14.1. The number of hydrogen-bond acceptors (Lipinski definition) is 3. The lowest BCUT2D eigenvalue weighted by Crippen LogP contribution is -2.33. The summed E-state index contributed by atoms with van der Waals surface area (Å²) in [5, 5.41) is 0. The molecule has 0 bridgehead atoms. The summed E-state index contributed by atoms with van der Waals surface area (Å²) in [4.78, 5) is 4.97. The molecule has 0 saturated carbocycles. The van der Waals surface area contributed by atoms with E-state index in [9.17, 15) is 0 Å². The number of hydrogen-bond donors (Lipinski definition) is 1. The maximum Gasteiger partial charge on any atom is 0.0601 e. The van der Waals surface area contributed by atoms with E-state index in [0.717, 1.165) is 18.8 Å². The summed E-state index contributed by atoms with van der Waals surface area (Å²) in [6.07, 6.45) is 6.52. The third-order valence-corrected chi connectivity index (χ3v) is 4.96. The third kappa shape index (κ3) is 2.46. The zero-order valence-corrected chi connectivity index (χ0v) is 12.8. The molecule has 3 nitrogen and oxygen atoms in total. The molecule has 110 valence electrons. The lowest BCUT2D eigenvalue weighted by atomic mass is 10.1. The molecule has 2 atom stereocenters. The summed E-state index contributed by atoms with van der Waals surface area (Å²) in [5.41, 5.74) is 9.80. The summed E-state index contributed by atoms with van der Waals surface area (Å²) >= 11 is 0. The van der Waals surface area contributed by atoms with Gasteiger partial charge in [0.25, 0.3) is 0 Å². The van der Waals surface area contributed by atoms with Crippen molar-refractivity contribution >= 4 is 17.1 Å². The van der Waals surface area contributed by atoms with Gasteiger partial charge in [-0.15, -0.1) is 0 Å². The predicted octanol–water partition coefficient (Wildman–Crippen LogP) is 3.64. The topological polar surface area (TPSA) is 32.5 Å². The molecule has 2 heterocycles. The smallest absolute Gasteiger partial charge is 0.0601 e. The number of piperidine rings is 1. The first-order valence-electron chi connectivity index (χ1n) is 8.09. The van der Waals surface area contributed by atoms with E-state index in [-0.39, 0.29) is 0 Å². The molecule has 0 aliphatic carbocycles. The highest BCUT2D eigenvalue weighted by molar-refractivity contribution is 5.73. The minimum atomic E-state index is 0.630. The van der Waals surface area contributed by atoms with E-state index >= 15 is 0 Å². The fourth-order valence-corrected chi connectivity index (χ4v) is 3.83. The number of nitrogens with two attached hydrogens (primary N) is 1. The fraction of sp³-hybridized carbons (Fsp3) is 0.647. The first kappa shape index (κ1) is 13.6. The average Bonchev–Trinajstić information content (AvgIpc) is 2.79. The van der Waals surface area contributed by atoms with Crippen molar-refractivity contribution in [2.24, 2.45) is 0 Å². The summed E-state index contributed by atoms with van der Waals surface area (Å²) in [7, 11) is 0. The number of anilines is 3. The van der Waals surface area contributed by atoms with Gasteiger partial charge >= 0.3 is 0 Å². The van der Waals surface area contributed by atoms with Crippen LogP contribution in [0.2, 0.25) is 0 Å². The summed E-state index contributed by atoms with van der Waals surface area (Å²) in [6.45, 7) is 6.94.